The number of rotatable bonds is 1. The molecule has 0 aliphatic heterocycles. The van der Waals surface area contributed by atoms with Crippen molar-refractivity contribution in [2.45, 2.75) is 0 Å². The second-order valence-electron chi connectivity index (χ2n) is 4.15. The Bertz CT molecular complexity index is 722. The molecule has 1 aromatic carbocycles. The van der Waals surface area contributed by atoms with Gasteiger partial charge in [-0.25, -0.2) is 9.55 Å². The molecule has 0 saturated carbocycles. The number of aryl methyl sites for hydroxylation is 1. The van der Waals surface area contributed by atoms with Crippen LogP contribution in [0.5, 0.6) is 0 Å². The molecule has 2 aromatic heterocycles. The maximum atomic E-state index is 5.72. The molecular formula is C13H11BrIN3O. The van der Waals surface area contributed by atoms with Gasteiger partial charge in [0, 0.05) is 11.8 Å². The van der Waals surface area contributed by atoms with Crippen LogP contribution in [0.4, 0.5) is 5.69 Å². The summed E-state index contributed by atoms with van der Waals surface area (Å²) in [5, 5.41) is 0. The van der Waals surface area contributed by atoms with Crippen LogP contribution in [0.2, 0.25) is 0 Å². The van der Waals surface area contributed by atoms with Gasteiger partial charge < -0.3 is 34.1 Å². The van der Waals surface area contributed by atoms with E-state index < -0.39 is 0 Å². The van der Waals surface area contributed by atoms with E-state index in [2.05, 4.69) is 20.9 Å². The largest absolute Gasteiger partial charge is 1.00 e. The first-order valence-electron chi connectivity index (χ1n) is 5.44. The molecule has 0 bridgehead atoms. The zero-order valence-corrected chi connectivity index (χ0v) is 13.8. The van der Waals surface area contributed by atoms with E-state index in [1.54, 1.807) is 6.07 Å². The molecule has 3 aromatic rings. The fourth-order valence-electron chi connectivity index (χ4n) is 1.86. The number of pyridine rings is 1. The lowest BCUT2D eigenvalue weighted by atomic mass is 10.3. The number of hydrogen-bond acceptors (Lipinski definition) is 3. The van der Waals surface area contributed by atoms with Crippen LogP contribution in [-0.4, -0.2) is 4.98 Å². The standard InChI is InChI=1S/C13H11BrN3O.HI/c1-17-6-8(4-9(14)7-17)13-16-11-3-2-10(15)5-12(11)18-13;/h2-7H,15H2,1H3;1H/q+1;/p-1. The molecule has 2 heterocycles. The summed E-state index contributed by atoms with van der Waals surface area (Å²) >= 11 is 3.46. The van der Waals surface area contributed by atoms with Crippen molar-refractivity contribution in [1.29, 1.82) is 0 Å². The SMILES string of the molecule is C[n+]1cc(Br)cc(-c2nc3ccc(N)cc3o2)c1.[I-]. The zero-order chi connectivity index (χ0) is 12.7. The van der Waals surface area contributed by atoms with Crippen molar-refractivity contribution in [3.8, 4) is 11.5 Å². The summed E-state index contributed by atoms with van der Waals surface area (Å²) in [7, 11) is 1.95. The summed E-state index contributed by atoms with van der Waals surface area (Å²) in [5.74, 6) is 0.590. The van der Waals surface area contributed by atoms with E-state index >= 15 is 0 Å². The fraction of sp³-hybridized carbons (Fsp3) is 0.0769. The Labute approximate surface area is 135 Å². The smallest absolute Gasteiger partial charge is 0.233 e. The molecule has 98 valence electrons. The third kappa shape index (κ3) is 2.89. The second-order valence-corrected chi connectivity index (χ2v) is 5.07. The van der Waals surface area contributed by atoms with Crippen molar-refractivity contribution >= 4 is 32.7 Å². The predicted octanol–water partition coefficient (Wildman–Crippen LogP) is -0.332. The summed E-state index contributed by atoms with van der Waals surface area (Å²) < 4.78 is 8.64. The first-order valence-corrected chi connectivity index (χ1v) is 6.23. The Morgan fingerprint density at radius 1 is 1.26 bits per heavy atom. The number of anilines is 1. The highest BCUT2D eigenvalue weighted by Gasteiger charge is 2.12. The van der Waals surface area contributed by atoms with Crippen molar-refractivity contribution in [1.82, 2.24) is 4.98 Å². The monoisotopic (exact) mass is 431 g/mol. The third-order valence-electron chi connectivity index (χ3n) is 2.62. The maximum absolute atomic E-state index is 5.72. The van der Waals surface area contributed by atoms with Crippen LogP contribution in [0.1, 0.15) is 0 Å². The van der Waals surface area contributed by atoms with Crippen molar-refractivity contribution in [2.24, 2.45) is 7.05 Å². The molecule has 0 aliphatic rings. The van der Waals surface area contributed by atoms with Gasteiger partial charge in [0.25, 0.3) is 0 Å². The topological polar surface area (TPSA) is 55.9 Å². The molecule has 0 saturated heterocycles. The van der Waals surface area contributed by atoms with Gasteiger partial charge in [-0.3, -0.25) is 0 Å². The van der Waals surface area contributed by atoms with Gasteiger partial charge in [-0.05, 0) is 34.1 Å². The van der Waals surface area contributed by atoms with Crippen molar-refractivity contribution in [2.75, 3.05) is 5.73 Å². The van der Waals surface area contributed by atoms with Crippen molar-refractivity contribution < 1.29 is 33.0 Å². The van der Waals surface area contributed by atoms with Crippen LogP contribution in [0.3, 0.4) is 0 Å². The number of oxazole rings is 1. The highest BCUT2D eigenvalue weighted by atomic mass is 127. The second kappa shape index (κ2) is 5.46. The quantitative estimate of drug-likeness (QED) is 0.326. The van der Waals surface area contributed by atoms with Crippen LogP contribution < -0.4 is 34.3 Å². The highest BCUT2D eigenvalue weighted by molar-refractivity contribution is 9.10. The van der Waals surface area contributed by atoms with Gasteiger partial charge >= 0.3 is 0 Å². The Morgan fingerprint density at radius 3 is 2.79 bits per heavy atom. The van der Waals surface area contributed by atoms with Crippen LogP contribution >= 0.6 is 15.9 Å². The molecule has 3 rings (SSSR count). The lowest BCUT2D eigenvalue weighted by molar-refractivity contribution is -0.671. The van der Waals surface area contributed by atoms with Gasteiger partial charge in [0.2, 0.25) is 5.89 Å². The molecule has 0 radical (unpaired) electrons. The average Bonchev–Trinajstić information content (AvgIpc) is 2.70. The van der Waals surface area contributed by atoms with Gasteiger partial charge in [-0.2, -0.15) is 0 Å². The number of aromatic nitrogens is 2. The van der Waals surface area contributed by atoms with Gasteiger partial charge in [0.05, 0.1) is 4.47 Å². The molecule has 2 N–H and O–H groups in total. The number of halogens is 2. The number of fused-ring (bicyclic) bond motifs is 1. The van der Waals surface area contributed by atoms with E-state index in [0.29, 0.717) is 17.2 Å². The van der Waals surface area contributed by atoms with E-state index in [4.69, 9.17) is 10.2 Å². The molecule has 19 heavy (non-hydrogen) atoms. The van der Waals surface area contributed by atoms with Gasteiger partial charge in [-0.1, -0.05) is 0 Å². The van der Waals surface area contributed by atoms with E-state index in [1.165, 1.54) is 0 Å². The summed E-state index contributed by atoms with van der Waals surface area (Å²) in [5.41, 5.74) is 8.82. The van der Waals surface area contributed by atoms with Crippen LogP contribution in [0.25, 0.3) is 22.6 Å². The molecule has 0 atom stereocenters. The zero-order valence-electron chi connectivity index (χ0n) is 10.1. The van der Waals surface area contributed by atoms with Crippen molar-refractivity contribution in [3.63, 3.8) is 0 Å². The molecule has 4 nitrogen and oxygen atoms in total. The molecular weight excluding hydrogens is 421 g/mol. The van der Waals surface area contributed by atoms with Crippen LogP contribution in [0.15, 0.2) is 45.5 Å². The van der Waals surface area contributed by atoms with Crippen LogP contribution in [-0.2, 0) is 7.05 Å². The first-order chi connectivity index (χ1) is 8.61. The molecule has 0 amide bonds. The Hall–Kier alpha value is -1.15. The maximum Gasteiger partial charge on any atom is 0.233 e. The predicted molar refractivity (Wildman–Crippen MR) is 72.7 cm³/mol. The van der Waals surface area contributed by atoms with E-state index in [-0.39, 0.29) is 24.0 Å². The number of nitrogens with zero attached hydrogens (tertiary/aromatic N) is 2. The van der Waals surface area contributed by atoms with Gasteiger partial charge in [0.1, 0.15) is 18.1 Å². The average molecular weight is 432 g/mol. The molecule has 6 heteroatoms. The molecule has 0 unspecified atom stereocenters. The van der Waals surface area contributed by atoms with E-state index in [9.17, 15) is 0 Å². The minimum atomic E-state index is 0. The Balaban J connectivity index is 0.00000133. The highest BCUT2D eigenvalue weighted by Crippen LogP contribution is 2.26. The third-order valence-corrected chi connectivity index (χ3v) is 3.06. The lowest BCUT2D eigenvalue weighted by Gasteiger charge is -1.94. The number of benzene rings is 1. The summed E-state index contributed by atoms with van der Waals surface area (Å²) in [6.07, 6.45) is 3.92. The van der Waals surface area contributed by atoms with Gasteiger partial charge in [-0.15, -0.1) is 0 Å². The summed E-state index contributed by atoms with van der Waals surface area (Å²) in [6, 6.07) is 7.42. The summed E-state index contributed by atoms with van der Waals surface area (Å²) in [4.78, 5) is 4.45. The summed E-state index contributed by atoms with van der Waals surface area (Å²) in [6.45, 7) is 0. The number of nitrogens with two attached hydrogens (primary N) is 1. The van der Waals surface area contributed by atoms with Crippen molar-refractivity contribution in [3.05, 3.63) is 41.1 Å². The molecule has 0 aliphatic carbocycles. The normalized spacial score (nSPS) is 10.4. The van der Waals surface area contributed by atoms with E-state index in [0.717, 1.165) is 15.6 Å². The Morgan fingerprint density at radius 2 is 2.05 bits per heavy atom. The minimum absolute atomic E-state index is 0. The van der Waals surface area contributed by atoms with Gasteiger partial charge in [0.15, 0.2) is 18.0 Å². The first kappa shape index (κ1) is 14.3. The molecule has 0 fully saturated rings. The minimum Gasteiger partial charge on any atom is -1.00 e. The lowest BCUT2D eigenvalue weighted by Crippen LogP contribution is -3.00. The van der Waals surface area contributed by atoms with Crippen LogP contribution in [0, 0.1) is 0 Å². The Kier molecular flexibility index (Phi) is 4.10. The van der Waals surface area contributed by atoms with E-state index in [1.807, 2.05) is 42.2 Å². The fourth-order valence-corrected chi connectivity index (χ4v) is 2.43. The number of hydrogen-bond donors (Lipinski definition) is 1. The molecule has 0 spiro atoms. The number of nitrogen functional groups attached to an aromatic ring is 1.